The van der Waals surface area contributed by atoms with E-state index in [-0.39, 0.29) is 33.7 Å². The zero-order valence-corrected chi connectivity index (χ0v) is 21.8. The Hall–Kier alpha value is -4.66. The Morgan fingerprint density at radius 3 is 2.49 bits per heavy atom. The zero-order valence-electron chi connectivity index (χ0n) is 20.2. The fourth-order valence-electron chi connectivity index (χ4n) is 3.93. The number of fused-ring (bicyclic) bond motifs is 2. The number of nitrogens with zero attached hydrogens (tertiary/aromatic N) is 3. The second kappa shape index (κ2) is 11.0. The van der Waals surface area contributed by atoms with E-state index in [1.54, 1.807) is 42.5 Å². The SMILES string of the molecule is O=C(OCC#CCSc1nc2ccccc2n1S(=O)(=O)c1ccc2ccccc2c1)c1ccccc1[N+](=O)[O-]. The molecular weight excluding hydrogens is 538 g/mol. The van der Waals surface area contributed by atoms with Gasteiger partial charge in [-0.25, -0.2) is 22.2 Å². The minimum absolute atomic E-state index is 0.138. The molecule has 11 heteroatoms. The van der Waals surface area contributed by atoms with Gasteiger partial charge in [-0.05, 0) is 41.1 Å². The molecule has 0 saturated carbocycles. The molecule has 4 aromatic carbocycles. The summed E-state index contributed by atoms with van der Waals surface area (Å²) in [5, 5.41) is 13.1. The third-order valence-corrected chi connectivity index (χ3v) is 8.38. The number of hydrogen-bond acceptors (Lipinski definition) is 8. The van der Waals surface area contributed by atoms with Crippen LogP contribution in [0.15, 0.2) is 101 Å². The van der Waals surface area contributed by atoms with Crippen LogP contribution in [-0.2, 0) is 14.8 Å². The van der Waals surface area contributed by atoms with Gasteiger partial charge in [0.2, 0.25) is 0 Å². The molecule has 194 valence electrons. The highest BCUT2D eigenvalue weighted by atomic mass is 32.2. The lowest BCUT2D eigenvalue weighted by Gasteiger charge is -2.10. The van der Waals surface area contributed by atoms with Gasteiger partial charge >= 0.3 is 5.97 Å². The van der Waals surface area contributed by atoms with E-state index in [4.69, 9.17) is 4.74 Å². The van der Waals surface area contributed by atoms with Crippen LogP contribution in [0.3, 0.4) is 0 Å². The number of para-hydroxylation sites is 3. The van der Waals surface area contributed by atoms with Crippen LogP contribution in [0.5, 0.6) is 0 Å². The number of carbonyl (C=O) groups excluding carboxylic acids is 1. The Bertz CT molecular complexity index is 1910. The van der Waals surface area contributed by atoms with Crippen molar-refractivity contribution < 1.29 is 22.9 Å². The summed E-state index contributed by atoms with van der Waals surface area (Å²) < 4.78 is 33.8. The smallest absolute Gasteiger partial charge is 0.346 e. The number of rotatable bonds is 7. The monoisotopic (exact) mass is 557 g/mol. The first kappa shape index (κ1) is 26.0. The topological polar surface area (TPSA) is 121 Å². The number of hydrogen-bond donors (Lipinski definition) is 0. The minimum atomic E-state index is -3.98. The lowest BCUT2D eigenvalue weighted by atomic mass is 10.1. The van der Waals surface area contributed by atoms with E-state index in [0.29, 0.717) is 11.0 Å². The van der Waals surface area contributed by atoms with Crippen LogP contribution in [0, 0.1) is 22.0 Å². The first-order chi connectivity index (χ1) is 18.9. The third kappa shape index (κ3) is 5.34. The van der Waals surface area contributed by atoms with Crippen molar-refractivity contribution >= 4 is 55.2 Å². The molecule has 0 unspecified atom stereocenters. The van der Waals surface area contributed by atoms with Gasteiger partial charge in [0.15, 0.2) is 11.8 Å². The van der Waals surface area contributed by atoms with Gasteiger partial charge < -0.3 is 4.74 Å². The summed E-state index contributed by atoms with van der Waals surface area (Å²) in [5.74, 6) is 4.81. The largest absolute Gasteiger partial charge is 0.449 e. The van der Waals surface area contributed by atoms with E-state index < -0.39 is 20.9 Å². The molecule has 0 spiro atoms. The molecule has 0 bridgehead atoms. The predicted molar refractivity (Wildman–Crippen MR) is 148 cm³/mol. The second-order valence-electron chi connectivity index (χ2n) is 8.15. The van der Waals surface area contributed by atoms with Crippen molar-refractivity contribution in [2.24, 2.45) is 0 Å². The number of benzene rings is 4. The summed E-state index contributed by atoms with van der Waals surface area (Å²) in [5.41, 5.74) is 0.457. The normalized spacial score (nSPS) is 11.2. The highest BCUT2D eigenvalue weighted by Gasteiger charge is 2.25. The molecule has 0 saturated heterocycles. The molecule has 0 fully saturated rings. The van der Waals surface area contributed by atoms with E-state index in [1.165, 1.54) is 28.2 Å². The van der Waals surface area contributed by atoms with Gasteiger partial charge in [-0.2, -0.15) is 0 Å². The number of ether oxygens (including phenoxy) is 1. The van der Waals surface area contributed by atoms with Crippen molar-refractivity contribution in [1.29, 1.82) is 0 Å². The predicted octanol–water partition coefficient (Wildman–Crippen LogP) is 5.29. The van der Waals surface area contributed by atoms with Crippen molar-refractivity contribution in [3.05, 3.63) is 107 Å². The average Bonchev–Trinajstić information content (AvgIpc) is 3.33. The Kier molecular flexibility index (Phi) is 7.31. The molecule has 0 aliphatic rings. The van der Waals surface area contributed by atoms with Gasteiger partial charge in [-0.1, -0.05) is 78.2 Å². The first-order valence-corrected chi connectivity index (χ1v) is 14.0. The van der Waals surface area contributed by atoms with E-state index >= 15 is 0 Å². The zero-order chi connectivity index (χ0) is 27.4. The third-order valence-electron chi connectivity index (χ3n) is 5.74. The van der Waals surface area contributed by atoms with Crippen LogP contribution < -0.4 is 0 Å². The Labute approximate surface area is 227 Å². The molecule has 0 N–H and O–H groups in total. The summed E-state index contributed by atoms with van der Waals surface area (Å²) in [4.78, 5) is 27.3. The van der Waals surface area contributed by atoms with Crippen LogP contribution in [0.25, 0.3) is 21.8 Å². The summed E-state index contributed by atoms with van der Waals surface area (Å²) in [7, 11) is -3.98. The van der Waals surface area contributed by atoms with E-state index in [1.807, 2.05) is 24.3 Å². The molecule has 0 radical (unpaired) electrons. The summed E-state index contributed by atoms with van der Waals surface area (Å²) in [6.45, 7) is -0.281. The number of carbonyl (C=O) groups is 1. The number of nitro groups is 1. The highest BCUT2D eigenvalue weighted by Crippen LogP contribution is 2.30. The van der Waals surface area contributed by atoms with Gasteiger partial charge in [-0.15, -0.1) is 0 Å². The van der Waals surface area contributed by atoms with Crippen molar-refractivity contribution in [3.8, 4) is 11.8 Å². The Morgan fingerprint density at radius 2 is 1.67 bits per heavy atom. The number of esters is 1. The van der Waals surface area contributed by atoms with Crippen LogP contribution in [-0.4, -0.2) is 40.6 Å². The maximum absolute atomic E-state index is 13.8. The standard InChI is InChI=1S/C28H19N3O6S2/c32-27(23-11-3-5-13-25(23)31(33)34)37-17-7-8-18-38-28-29-24-12-4-6-14-26(24)30(28)39(35,36)22-16-15-20-9-1-2-10-21(20)19-22/h1-6,9-16,19H,17-18H2. The molecule has 1 heterocycles. The van der Waals surface area contributed by atoms with E-state index in [9.17, 15) is 23.3 Å². The van der Waals surface area contributed by atoms with Gasteiger partial charge in [0, 0.05) is 6.07 Å². The van der Waals surface area contributed by atoms with Gasteiger partial charge in [-0.3, -0.25) is 10.1 Å². The molecule has 5 rings (SSSR count). The molecule has 0 aliphatic heterocycles. The Balaban J connectivity index is 1.34. The Morgan fingerprint density at radius 1 is 0.949 bits per heavy atom. The molecule has 0 atom stereocenters. The van der Waals surface area contributed by atoms with Gasteiger partial charge in [0.1, 0.15) is 5.56 Å². The number of aromatic nitrogens is 2. The molecule has 0 aliphatic carbocycles. The van der Waals surface area contributed by atoms with Crippen molar-refractivity contribution in [2.45, 2.75) is 10.1 Å². The minimum Gasteiger partial charge on any atom is -0.449 e. The second-order valence-corrected chi connectivity index (χ2v) is 10.9. The van der Waals surface area contributed by atoms with Gasteiger partial charge in [0.25, 0.3) is 15.7 Å². The number of imidazole rings is 1. The summed E-state index contributed by atoms with van der Waals surface area (Å²) >= 11 is 1.13. The van der Waals surface area contributed by atoms with Crippen molar-refractivity contribution in [3.63, 3.8) is 0 Å². The van der Waals surface area contributed by atoms with Crippen LogP contribution >= 0.6 is 11.8 Å². The fraction of sp³-hybridized carbons (Fsp3) is 0.0714. The van der Waals surface area contributed by atoms with Gasteiger partial charge in [0.05, 0.1) is 26.6 Å². The molecule has 9 nitrogen and oxygen atoms in total. The average molecular weight is 558 g/mol. The lowest BCUT2D eigenvalue weighted by molar-refractivity contribution is -0.385. The van der Waals surface area contributed by atoms with E-state index in [2.05, 4.69) is 16.8 Å². The maximum Gasteiger partial charge on any atom is 0.346 e. The highest BCUT2D eigenvalue weighted by molar-refractivity contribution is 8.00. The quantitative estimate of drug-likeness (QED) is 0.0870. The van der Waals surface area contributed by atoms with Crippen molar-refractivity contribution in [1.82, 2.24) is 8.96 Å². The number of thioether (sulfide) groups is 1. The fourth-order valence-corrected chi connectivity index (χ4v) is 6.45. The van der Waals surface area contributed by atoms with Crippen LogP contribution in [0.2, 0.25) is 0 Å². The van der Waals surface area contributed by atoms with Crippen LogP contribution in [0.4, 0.5) is 5.69 Å². The summed E-state index contributed by atoms with van der Waals surface area (Å²) in [6, 6.07) is 24.9. The van der Waals surface area contributed by atoms with Crippen LogP contribution in [0.1, 0.15) is 10.4 Å². The summed E-state index contributed by atoms with van der Waals surface area (Å²) in [6.07, 6.45) is 0. The first-order valence-electron chi connectivity index (χ1n) is 11.6. The molecule has 5 aromatic rings. The number of nitro benzene ring substituents is 1. The molecule has 0 amide bonds. The molecular formula is C28H19N3O6S2. The molecule has 1 aromatic heterocycles. The lowest BCUT2D eigenvalue weighted by Crippen LogP contribution is -2.14. The molecule has 39 heavy (non-hydrogen) atoms. The van der Waals surface area contributed by atoms with E-state index in [0.717, 1.165) is 22.5 Å². The van der Waals surface area contributed by atoms with Crippen molar-refractivity contribution in [2.75, 3.05) is 12.4 Å². The maximum atomic E-state index is 13.8.